The number of carbonyl (C=O) groups is 2. The van der Waals surface area contributed by atoms with Crippen molar-refractivity contribution < 1.29 is 18.7 Å². The van der Waals surface area contributed by atoms with E-state index >= 15 is 0 Å². The Balaban J connectivity index is 2.37. The quantitative estimate of drug-likeness (QED) is 0.795. The Morgan fingerprint density at radius 1 is 1.59 bits per heavy atom. The van der Waals surface area contributed by atoms with Crippen LogP contribution in [0.15, 0.2) is 34.3 Å². The molecule has 1 N–H and O–H groups in total. The van der Waals surface area contributed by atoms with Gasteiger partial charge in [0.15, 0.2) is 12.1 Å². The van der Waals surface area contributed by atoms with Gasteiger partial charge in [-0.15, -0.1) is 0 Å². The van der Waals surface area contributed by atoms with Crippen molar-refractivity contribution >= 4 is 12.1 Å². The molecule has 1 aromatic rings. The Morgan fingerprint density at radius 3 is 2.82 bits per heavy atom. The van der Waals surface area contributed by atoms with E-state index in [0.29, 0.717) is 29.7 Å². The Kier molecular flexibility index (Phi) is 2.85. The van der Waals surface area contributed by atoms with Crippen LogP contribution >= 0.6 is 0 Å². The van der Waals surface area contributed by atoms with Crippen LogP contribution < -0.4 is 5.32 Å². The lowest BCUT2D eigenvalue weighted by Crippen LogP contribution is -2.50. The first kappa shape index (κ1) is 11.6. The Morgan fingerprint density at radius 2 is 2.35 bits per heavy atom. The zero-order chi connectivity index (χ0) is 12.5. The molecule has 0 radical (unpaired) electrons. The van der Waals surface area contributed by atoms with Gasteiger partial charge in [0.05, 0.1) is 18.1 Å². The molecule has 1 aliphatic rings. The van der Waals surface area contributed by atoms with Crippen molar-refractivity contribution in [2.75, 3.05) is 6.54 Å². The minimum Gasteiger partial charge on any atom is -0.472 e. The summed E-state index contributed by atoms with van der Waals surface area (Å²) in [5.41, 5.74) is -0.129. The van der Waals surface area contributed by atoms with Gasteiger partial charge >= 0.3 is 0 Å². The lowest BCUT2D eigenvalue weighted by molar-refractivity contribution is -0.134. The number of furan rings is 1. The summed E-state index contributed by atoms with van der Waals surface area (Å²) in [7, 11) is 0. The normalized spacial score (nSPS) is 24.4. The van der Waals surface area contributed by atoms with E-state index in [4.69, 9.17) is 9.15 Å². The maximum absolute atomic E-state index is 11.3. The fraction of sp³-hybridized carbons (Fsp3) is 0.333. The summed E-state index contributed by atoms with van der Waals surface area (Å²) in [6.45, 7) is 3.44. The Hall–Kier alpha value is -1.88. The van der Waals surface area contributed by atoms with Crippen molar-refractivity contribution in [2.24, 2.45) is 0 Å². The molecule has 1 atom stereocenters. The van der Waals surface area contributed by atoms with Crippen molar-refractivity contribution in [2.45, 2.75) is 19.6 Å². The molecule has 1 unspecified atom stereocenters. The van der Waals surface area contributed by atoms with Gasteiger partial charge in [-0.2, -0.15) is 0 Å². The maximum atomic E-state index is 11.3. The van der Waals surface area contributed by atoms with E-state index in [1.807, 2.05) is 0 Å². The van der Waals surface area contributed by atoms with Crippen molar-refractivity contribution in [3.05, 3.63) is 35.5 Å². The molecule has 2 rings (SSSR count). The number of rotatable bonds is 3. The van der Waals surface area contributed by atoms with E-state index in [1.54, 1.807) is 13.0 Å². The number of ketones is 1. The van der Waals surface area contributed by atoms with Crippen LogP contribution in [-0.4, -0.2) is 18.6 Å². The van der Waals surface area contributed by atoms with Gasteiger partial charge in [-0.25, -0.2) is 0 Å². The first-order chi connectivity index (χ1) is 8.09. The lowest BCUT2D eigenvalue weighted by Gasteiger charge is -2.34. The third kappa shape index (κ3) is 1.89. The number of allylic oxidation sites excluding steroid dienone is 1. The molecule has 0 aromatic carbocycles. The van der Waals surface area contributed by atoms with Crippen LogP contribution in [0.25, 0.3) is 0 Å². The number of Topliss-reactive ketones (excluding diaryl/α,β-unsaturated/α-hetero) is 1. The first-order valence-corrected chi connectivity index (χ1v) is 5.23. The predicted octanol–water partition coefficient (Wildman–Crippen LogP) is 1.11. The van der Waals surface area contributed by atoms with Crippen molar-refractivity contribution in [1.29, 1.82) is 0 Å². The molecule has 2 heterocycles. The molecule has 0 saturated carbocycles. The molecule has 90 valence electrons. The molecular weight excluding hydrogens is 222 g/mol. The van der Waals surface area contributed by atoms with Crippen LogP contribution in [0.4, 0.5) is 0 Å². The SMILES string of the molecule is CC(=O)C1=C(C)OC(C=O)(c2ccoc2)NC1. The standard InChI is InChI=1S/C12H13NO4/c1-8(15)11-5-13-12(7-14,17-9(11)2)10-3-4-16-6-10/h3-4,6-7,13H,5H2,1-2H3. The lowest BCUT2D eigenvalue weighted by atomic mass is 10.0. The second-order valence-electron chi connectivity index (χ2n) is 3.91. The van der Waals surface area contributed by atoms with E-state index < -0.39 is 5.72 Å². The highest BCUT2D eigenvalue weighted by atomic mass is 16.5. The minimum absolute atomic E-state index is 0.0679. The summed E-state index contributed by atoms with van der Waals surface area (Å²) in [5, 5.41) is 2.92. The number of hydrogen-bond acceptors (Lipinski definition) is 5. The second kappa shape index (κ2) is 4.18. The second-order valence-corrected chi connectivity index (χ2v) is 3.91. The first-order valence-electron chi connectivity index (χ1n) is 5.23. The van der Waals surface area contributed by atoms with E-state index in [0.717, 1.165) is 0 Å². The molecule has 0 spiro atoms. The van der Waals surface area contributed by atoms with Crippen molar-refractivity contribution in [1.82, 2.24) is 5.32 Å². The molecule has 0 fully saturated rings. The molecule has 0 amide bonds. The molecular formula is C12H13NO4. The van der Waals surface area contributed by atoms with Crippen LogP contribution in [0.5, 0.6) is 0 Å². The van der Waals surface area contributed by atoms with Gasteiger partial charge in [0.25, 0.3) is 0 Å². The topological polar surface area (TPSA) is 68.5 Å². The molecule has 1 aromatic heterocycles. The fourth-order valence-electron chi connectivity index (χ4n) is 1.83. The molecule has 0 saturated heterocycles. The largest absolute Gasteiger partial charge is 0.472 e. The molecule has 5 nitrogen and oxygen atoms in total. The van der Waals surface area contributed by atoms with Crippen molar-refractivity contribution in [3.8, 4) is 0 Å². The minimum atomic E-state index is -1.25. The van der Waals surface area contributed by atoms with E-state index in [-0.39, 0.29) is 5.78 Å². The van der Waals surface area contributed by atoms with Crippen LogP contribution in [0.1, 0.15) is 19.4 Å². The third-order valence-corrected chi connectivity index (χ3v) is 2.81. The summed E-state index contributed by atoms with van der Waals surface area (Å²) in [6, 6.07) is 1.65. The number of hydrogen-bond donors (Lipinski definition) is 1. The smallest absolute Gasteiger partial charge is 0.246 e. The van der Waals surface area contributed by atoms with Gasteiger partial charge in [0.2, 0.25) is 5.72 Å². The highest BCUT2D eigenvalue weighted by Crippen LogP contribution is 2.29. The summed E-state index contributed by atoms with van der Waals surface area (Å²) >= 11 is 0. The van der Waals surface area contributed by atoms with E-state index in [9.17, 15) is 9.59 Å². The van der Waals surface area contributed by atoms with Gasteiger partial charge in [0.1, 0.15) is 5.76 Å². The van der Waals surface area contributed by atoms with Crippen LogP contribution in [0.3, 0.4) is 0 Å². The maximum Gasteiger partial charge on any atom is 0.246 e. The fourth-order valence-corrected chi connectivity index (χ4v) is 1.83. The summed E-state index contributed by atoms with van der Waals surface area (Å²) in [6.07, 6.45) is 3.57. The number of nitrogens with one attached hydrogen (secondary N) is 1. The van der Waals surface area contributed by atoms with Crippen LogP contribution in [-0.2, 0) is 20.1 Å². The van der Waals surface area contributed by atoms with Gasteiger partial charge in [0, 0.05) is 12.1 Å². The zero-order valence-electron chi connectivity index (χ0n) is 9.65. The average molecular weight is 235 g/mol. The van der Waals surface area contributed by atoms with Gasteiger partial charge in [-0.3, -0.25) is 14.9 Å². The molecule has 5 heteroatoms. The molecule has 1 aliphatic heterocycles. The highest BCUT2D eigenvalue weighted by Gasteiger charge is 2.39. The summed E-state index contributed by atoms with van der Waals surface area (Å²) < 4.78 is 10.5. The van der Waals surface area contributed by atoms with Gasteiger partial charge < -0.3 is 9.15 Å². The summed E-state index contributed by atoms with van der Waals surface area (Å²) in [4.78, 5) is 22.6. The number of aldehydes is 1. The average Bonchev–Trinajstić information content (AvgIpc) is 2.82. The molecule has 0 aliphatic carbocycles. The van der Waals surface area contributed by atoms with Crippen LogP contribution in [0.2, 0.25) is 0 Å². The van der Waals surface area contributed by atoms with Crippen molar-refractivity contribution in [3.63, 3.8) is 0 Å². The molecule has 17 heavy (non-hydrogen) atoms. The van der Waals surface area contributed by atoms with Crippen LogP contribution in [0, 0.1) is 0 Å². The predicted molar refractivity (Wildman–Crippen MR) is 58.9 cm³/mol. The molecule has 0 bridgehead atoms. The third-order valence-electron chi connectivity index (χ3n) is 2.81. The van der Waals surface area contributed by atoms with E-state index in [1.165, 1.54) is 19.5 Å². The number of carbonyl (C=O) groups excluding carboxylic acids is 2. The van der Waals surface area contributed by atoms with E-state index in [2.05, 4.69) is 5.32 Å². The number of ether oxygens (including phenoxy) is 1. The Labute approximate surface area is 98.4 Å². The summed E-state index contributed by atoms with van der Waals surface area (Å²) in [5.74, 6) is 0.395. The Bertz CT molecular complexity index is 475. The highest BCUT2D eigenvalue weighted by molar-refractivity contribution is 5.94. The van der Waals surface area contributed by atoms with Gasteiger partial charge in [-0.1, -0.05) is 0 Å². The van der Waals surface area contributed by atoms with Gasteiger partial charge in [-0.05, 0) is 19.9 Å². The zero-order valence-corrected chi connectivity index (χ0v) is 9.65. The monoisotopic (exact) mass is 235 g/mol.